The quantitative estimate of drug-likeness (QED) is 0.819. The molecule has 94 valence electrons. The van der Waals surface area contributed by atoms with Gasteiger partial charge in [-0.25, -0.2) is 0 Å². The Morgan fingerprint density at radius 2 is 2.24 bits per heavy atom. The molecule has 3 nitrogen and oxygen atoms in total. The highest BCUT2D eigenvalue weighted by molar-refractivity contribution is 5.18. The van der Waals surface area contributed by atoms with E-state index in [1.807, 2.05) is 6.07 Å². The second kappa shape index (κ2) is 6.74. The molecule has 2 rings (SSSR count). The maximum absolute atomic E-state index is 5.88. The first-order valence-electron chi connectivity index (χ1n) is 6.38. The number of nitrogens with one attached hydrogen (secondary N) is 1. The van der Waals surface area contributed by atoms with Gasteiger partial charge < -0.3 is 14.8 Å². The minimum absolute atomic E-state index is 0.278. The van der Waals surface area contributed by atoms with E-state index in [1.54, 1.807) is 0 Å². The van der Waals surface area contributed by atoms with E-state index in [-0.39, 0.29) is 12.1 Å². The Hall–Kier alpha value is -0.900. The van der Waals surface area contributed by atoms with Crippen LogP contribution in [0.25, 0.3) is 0 Å². The maximum atomic E-state index is 5.88. The molecule has 1 aromatic rings. The van der Waals surface area contributed by atoms with E-state index in [0.29, 0.717) is 6.61 Å². The van der Waals surface area contributed by atoms with Crippen LogP contribution < -0.4 is 5.32 Å². The molecule has 1 heterocycles. The Balaban J connectivity index is 1.88. The standard InChI is InChI=1S/C14H21NO2/c1-2-15-14(12-6-4-3-5-7-12)11-17-13-8-9-16-10-13/h3-7,13-15H,2,8-11H2,1H3. The fourth-order valence-corrected chi connectivity index (χ4v) is 2.08. The van der Waals surface area contributed by atoms with Crippen LogP contribution in [0.15, 0.2) is 30.3 Å². The molecular weight excluding hydrogens is 214 g/mol. The van der Waals surface area contributed by atoms with Gasteiger partial charge in [-0.2, -0.15) is 0 Å². The summed E-state index contributed by atoms with van der Waals surface area (Å²) in [6, 6.07) is 10.7. The third-order valence-electron chi connectivity index (χ3n) is 3.04. The fraction of sp³-hybridized carbons (Fsp3) is 0.571. The van der Waals surface area contributed by atoms with Crippen LogP contribution in [-0.4, -0.2) is 32.5 Å². The highest BCUT2D eigenvalue weighted by atomic mass is 16.5. The van der Waals surface area contributed by atoms with E-state index >= 15 is 0 Å². The van der Waals surface area contributed by atoms with Crippen molar-refractivity contribution >= 4 is 0 Å². The second-order valence-electron chi connectivity index (χ2n) is 4.34. The number of hydrogen-bond acceptors (Lipinski definition) is 3. The van der Waals surface area contributed by atoms with Crippen molar-refractivity contribution < 1.29 is 9.47 Å². The molecule has 2 atom stereocenters. The van der Waals surface area contributed by atoms with Crippen molar-refractivity contribution in [1.29, 1.82) is 0 Å². The lowest BCUT2D eigenvalue weighted by atomic mass is 10.1. The van der Waals surface area contributed by atoms with Gasteiger partial charge in [0.25, 0.3) is 0 Å². The zero-order chi connectivity index (χ0) is 11.9. The van der Waals surface area contributed by atoms with Crippen molar-refractivity contribution in [2.75, 3.05) is 26.4 Å². The summed E-state index contributed by atoms with van der Waals surface area (Å²) in [4.78, 5) is 0. The summed E-state index contributed by atoms with van der Waals surface area (Å²) in [5.41, 5.74) is 1.29. The summed E-state index contributed by atoms with van der Waals surface area (Å²) in [5, 5.41) is 3.46. The molecule has 0 bridgehead atoms. The van der Waals surface area contributed by atoms with Gasteiger partial charge in [0.15, 0.2) is 0 Å². The molecule has 1 aliphatic rings. The Morgan fingerprint density at radius 1 is 1.41 bits per heavy atom. The Bertz CT molecular complexity index is 309. The first-order valence-corrected chi connectivity index (χ1v) is 6.38. The molecular formula is C14H21NO2. The van der Waals surface area contributed by atoms with E-state index in [2.05, 4.69) is 36.5 Å². The summed E-state index contributed by atoms with van der Waals surface area (Å²) in [6.07, 6.45) is 1.30. The predicted octanol–water partition coefficient (Wildman–Crippen LogP) is 2.14. The van der Waals surface area contributed by atoms with Crippen molar-refractivity contribution in [2.45, 2.75) is 25.5 Å². The summed E-state index contributed by atoms with van der Waals surface area (Å²) in [7, 11) is 0. The lowest BCUT2D eigenvalue weighted by Gasteiger charge is -2.20. The molecule has 0 saturated carbocycles. The summed E-state index contributed by atoms with van der Waals surface area (Å²) in [5.74, 6) is 0. The van der Waals surface area contributed by atoms with E-state index in [4.69, 9.17) is 9.47 Å². The summed E-state index contributed by atoms with van der Waals surface area (Å²) in [6.45, 7) is 5.36. The van der Waals surface area contributed by atoms with Crippen LogP contribution in [0, 0.1) is 0 Å². The highest BCUT2D eigenvalue weighted by Gasteiger charge is 2.18. The highest BCUT2D eigenvalue weighted by Crippen LogP contribution is 2.16. The minimum Gasteiger partial charge on any atom is -0.379 e. The van der Waals surface area contributed by atoms with Crippen LogP contribution in [0.2, 0.25) is 0 Å². The molecule has 0 aliphatic carbocycles. The van der Waals surface area contributed by atoms with E-state index in [9.17, 15) is 0 Å². The Labute approximate surface area is 103 Å². The molecule has 1 aromatic carbocycles. The third-order valence-corrected chi connectivity index (χ3v) is 3.04. The van der Waals surface area contributed by atoms with Gasteiger partial charge in [0.05, 0.1) is 25.4 Å². The van der Waals surface area contributed by atoms with Crippen LogP contribution in [0.4, 0.5) is 0 Å². The van der Waals surface area contributed by atoms with Gasteiger partial charge in [0, 0.05) is 6.61 Å². The molecule has 0 amide bonds. The molecule has 3 heteroatoms. The first-order chi connectivity index (χ1) is 8.40. The van der Waals surface area contributed by atoms with Crippen LogP contribution in [-0.2, 0) is 9.47 Å². The third kappa shape index (κ3) is 3.80. The molecule has 2 unspecified atom stereocenters. The van der Waals surface area contributed by atoms with Gasteiger partial charge in [0.1, 0.15) is 0 Å². The smallest absolute Gasteiger partial charge is 0.0831 e. The zero-order valence-corrected chi connectivity index (χ0v) is 10.4. The average molecular weight is 235 g/mol. The fourth-order valence-electron chi connectivity index (χ4n) is 2.08. The van der Waals surface area contributed by atoms with Gasteiger partial charge >= 0.3 is 0 Å². The van der Waals surface area contributed by atoms with Crippen LogP contribution >= 0.6 is 0 Å². The normalized spacial score (nSPS) is 21.6. The minimum atomic E-state index is 0.278. The van der Waals surface area contributed by atoms with Crippen LogP contribution in [0.3, 0.4) is 0 Å². The Kier molecular flexibility index (Phi) is 4.98. The summed E-state index contributed by atoms with van der Waals surface area (Å²) < 4.78 is 11.2. The maximum Gasteiger partial charge on any atom is 0.0831 e. The van der Waals surface area contributed by atoms with Gasteiger partial charge in [-0.15, -0.1) is 0 Å². The lowest BCUT2D eigenvalue weighted by molar-refractivity contribution is 0.0300. The summed E-state index contributed by atoms with van der Waals surface area (Å²) >= 11 is 0. The van der Waals surface area contributed by atoms with Crippen molar-refractivity contribution in [1.82, 2.24) is 5.32 Å². The molecule has 1 fully saturated rings. The van der Waals surface area contributed by atoms with Crippen LogP contribution in [0.5, 0.6) is 0 Å². The van der Waals surface area contributed by atoms with Crippen molar-refractivity contribution in [3.63, 3.8) is 0 Å². The molecule has 0 radical (unpaired) electrons. The molecule has 0 spiro atoms. The molecule has 0 aromatic heterocycles. The van der Waals surface area contributed by atoms with Gasteiger partial charge in [-0.1, -0.05) is 37.3 Å². The number of likely N-dealkylation sites (N-methyl/N-ethyl adjacent to an activating group) is 1. The average Bonchev–Trinajstić information content (AvgIpc) is 2.88. The molecule has 1 saturated heterocycles. The van der Waals surface area contributed by atoms with Crippen LogP contribution in [0.1, 0.15) is 24.9 Å². The SMILES string of the molecule is CCNC(COC1CCOC1)c1ccccc1. The Morgan fingerprint density at radius 3 is 2.88 bits per heavy atom. The predicted molar refractivity (Wildman–Crippen MR) is 68.0 cm³/mol. The van der Waals surface area contributed by atoms with E-state index in [1.165, 1.54) is 5.56 Å². The van der Waals surface area contributed by atoms with Gasteiger partial charge in [-0.05, 0) is 18.5 Å². The van der Waals surface area contributed by atoms with Gasteiger partial charge in [-0.3, -0.25) is 0 Å². The largest absolute Gasteiger partial charge is 0.379 e. The number of benzene rings is 1. The van der Waals surface area contributed by atoms with Crippen molar-refractivity contribution in [3.8, 4) is 0 Å². The first kappa shape index (κ1) is 12.6. The molecule has 1 aliphatic heterocycles. The molecule has 1 N–H and O–H groups in total. The topological polar surface area (TPSA) is 30.5 Å². The van der Waals surface area contributed by atoms with E-state index < -0.39 is 0 Å². The molecule has 17 heavy (non-hydrogen) atoms. The zero-order valence-electron chi connectivity index (χ0n) is 10.4. The number of hydrogen-bond donors (Lipinski definition) is 1. The van der Waals surface area contributed by atoms with Gasteiger partial charge in [0.2, 0.25) is 0 Å². The monoisotopic (exact) mass is 235 g/mol. The second-order valence-corrected chi connectivity index (χ2v) is 4.34. The van der Waals surface area contributed by atoms with E-state index in [0.717, 1.165) is 26.2 Å². The number of rotatable bonds is 6. The van der Waals surface area contributed by atoms with Crippen molar-refractivity contribution in [2.24, 2.45) is 0 Å². The lowest BCUT2D eigenvalue weighted by Crippen LogP contribution is -2.28. The number of ether oxygens (including phenoxy) is 2. The van der Waals surface area contributed by atoms with Crippen molar-refractivity contribution in [3.05, 3.63) is 35.9 Å².